The summed E-state index contributed by atoms with van der Waals surface area (Å²) in [5.41, 5.74) is -0.119. The molecule has 0 atom stereocenters. The number of aromatic nitrogens is 3. The number of pyridine rings is 1. The first-order chi connectivity index (χ1) is 14.1. The van der Waals surface area contributed by atoms with Gasteiger partial charge in [0, 0.05) is 24.7 Å². The van der Waals surface area contributed by atoms with E-state index in [1.165, 1.54) is 11.3 Å². The van der Waals surface area contributed by atoms with Crippen molar-refractivity contribution in [3.8, 4) is 5.75 Å². The normalized spacial score (nSPS) is 11.0. The van der Waals surface area contributed by atoms with Crippen LogP contribution in [0.15, 0.2) is 39.6 Å². The Balaban J connectivity index is 1.67. The zero-order chi connectivity index (χ0) is 20.6. The van der Waals surface area contributed by atoms with Crippen LogP contribution in [0.5, 0.6) is 5.75 Å². The maximum Gasteiger partial charge on any atom is 0.264 e. The predicted octanol–water partition coefficient (Wildman–Crippen LogP) is 3.02. The van der Waals surface area contributed by atoms with Crippen molar-refractivity contribution in [1.29, 1.82) is 0 Å². The summed E-state index contributed by atoms with van der Waals surface area (Å²) < 4.78 is 13.4. The Morgan fingerprint density at radius 1 is 1.24 bits per heavy atom. The van der Waals surface area contributed by atoms with Gasteiger partial charge in [0.2, 0.25) is 5.13 Å². The highest BCUT2D eigenvalue weighted by atomic mass is 32.2. The van der Waals surface area contributed by atoms with Gasteiger partial charge in [-0.15, -0.1) is 10.2 Å². The minimum atomic E-state index is -0.337. The van der Waals surface area contributed by atoms with E-state index in [2.05, 4.69) is 15.5 Å². The van der Waals surface area contributed by atoms with E-state index >= 15 is 0 Å². The molecule has 10 heteroatoms. The summed E-state index contributed by atoms with van der Waals surface area (Å²) in [5, 5.41) is 12.2. The third kappa shape index (κ3) is 5.55. The van der Waals surface area contributed by atoms with E-state index in [0.29, 0.717) is 41.4 Å². The molecule has 2 aromatic heterocycles. The molecule has 0 aliphatic heterocycles. The number of rotatable bonds is 10. The van der Waals surface area contributed by atoms with Crippen molar-refractivity contribution in [2.45, 2.75) is 24.7 Å². The Hall–Kier alpha value is -2.43. The number of carbonyl (C=O) groups excluding carboxylic acids is 1. The van der Waals surface area contributed by atoms with Crippen LogP contribution in [-0.4, -0.2) is 46.2 Å². The molecule has 0 radical (unpaired) electrons. The Morgan fingerprint density at radius 2 is 2.10 bits per heavy atom. The number of thioether (sulfide) groups is 1. The van der Waals surface area contributed by atoms with E-state index in [0.717, 1.165) is 10.1 Å². The van der Waals surface area contributed by atoms with Crippen molar-refractivity contribution in [2.24, 2.45) is 0 Å². The van der Waals surface area contributed by atoms with Crippen LogP contribution in [0.3, 0.4) is 0 Å². The van der Waals surface area contributed by atoms with Crippen molar-refractivity contribution in [2.75, 3.05) is 30.9 Å². The van der Waals surface area contributed by atoms with Gasteiger partial charge in [-0.05, 0) is 30.9 Å². The first kappa shape index (κ1) is 21.3. The first-order valence-corrected chi connectivity index (χ1v) is 11.0. The fraction of sp³-hybridized carbons (Fsp3) is 0.368. The number of amides is 1. The SMILES string of the molecule is CCOCCn1ccc2c(OCC(=O)Nc3nnc(SCC)s3)cccc2c1=O. The lowest BCUT2D eigenvalue weighted by Gasteiger charge is -2.11. The maximum absolute atomic E-state index is 12.7. The summed E-state index contributed by atoms with van der Waals surface area (Å²) in [4.78, 5) is 24.8. The summed E-state index contributed by atoms with van der Waals surface area (Å²) >= 11 is 2.89. The van der Waals surface area contributed by atoms with Gasteiger partial charge < -0.3 is 14.0 Å². The molecule has 1 amide bonds. The molecule has 0 spiro atoms. The molecule has 1 N–H and O–H groups in total. The molecule has 0 aliphatic rings. The molecule has 0 fully saturated rings. The molecule has 0 aliphatic carbocycles. The Labute approximate surface area is 176 Å². The lowest BCUT2D eigenvalue weighted by atomic mass is 10.1. The van der Waals surface area contributed by atoms with E-state index in [1.54, 1.807) is 40.7 Å². The van der Waals surface area contributed by atoms with E-state index in [-0.39, 0.29) is 18.1 Å². The fourth-order valence-corrected chi connectivity index (χ4v) is 4.30. The van der Waals surface area contributed by atoms with Crippen LogP contribution in [0.25, 0.3) is 10.8 Å². The zero-order valence-electron chi connectivity index (χ0n) is 16.2. The zero-order valence-corrected chi connectivity index (χ0v) is 17.8. The van der Waals surface area contributed by atoms with Gasteiger partial charge in [0.15, 0.2) is 10.9 Å². The van der Waals surface area contributed by atoms with Gasteiger partial charge in [0.1, 0.15) is 5.75 Å². The number of hydrogen-bond donors (Lipinski definition) is 1. The molecule has 0 unspecified atom stereocenters. The highest BCUT2D eigenvalue weighted by Crippen LogP contribution is 2.25. The average molecular weight is 435 g/mol. The standard InChI is InChI=1S/C19H22N4O4S2/c1-3-26-11-10-23-9-8-13-14(17(23)25)6-5-7-15(13)27-12-16(24)20-18-21-22-19(29-18)28-4-2/h5-9H,3-4,10-12H2,1-2H3,(H,20,21,24). The van der Waals surface area contributed by atoms with Crippen LogP contribution in [0, 0.1) is 0 Å². The van der Waals surface area contributed by atoms with Crippen molar-refractivity contribution in [3.63, 3.8) is 0 Å². The van der Waals surface area contributed by atoms with Crippen molar-refractivity contribution < 1.29 is 14.3 Å². The molecule has 3 rings (SSSR count). The molecule has 29 heavy (non-hydrogen) atoms. The van der Waals surface area contributed by atoms with Crippen LogP contribution in [0.4, 0.5) is 5.13 Å². The lowest BCUT2D eigenvalue weighted by Crippen LogP contribution is -2.22. The van der Waals surface area contributed by atoms with E-state index < -0.39 is 0 Å². The van der Waals surface area contributed by atoms with Crippen LogP contribution >= 0.6 is 23.1 Å². The van der Waals surface area contributed by atoms with E-state index in [4.69, 9.17) is 9.47 Å². The molecule has 8 nitrogen and oxygen atoms in total. The van der Waals surface area contributed by atoms with Crippen molar-refractivity contribution in [3.05, 3.63) is 40.8 Å². The molecule has 0 bridgehead atoms. The summed E-state index contributed by atoms with van der Waals surface area (Å²) in [5.74, 6) is 1.03. The van der Waals surface area contributed by atoms with Gasteiger partial charge in [-0.2, -0.15) is 0 Å². The van der Waals surface area contributed by atoms with Crippen LogP contribution in [0.2, 0.25) is 0 Å². The molecule has 3 aromatic rings. The second-order valence-electron chi connectivity index (χ2n) is 5.87. The number of nitrogens with zero attached hydrogens (tertiary/aromatic N) is 3. The van der Waals surface area contributed by atoms with Gasteiger partial charge in [0.05, 0.1) is 12.0 Å². The lowest BCUT2D eigenvalue weighted by molar-refractivity contribution is -0.118. The predicted molar refractivity (Wildman–Crippen MR) is 115 cm³/mol. The molecule has 154 valence electrons. The number of anilines is 1. The van der Waals surface area contributed by atoms with Crippen LogP contribution in [-0.2, 0) is 16.1 Å². The Kier molecular flexibility index (Phi) is 7.62. The number of benzene rings is 1. The largest absolute Gasteiger partial charge is 0.483 e. The quantitative estimate of drug-likeness (QED) is 0.298. The third-order valence-electron chi connectivity index (χ3n) is 3.94. The molecule has 1 aromatic carbocycles. The molecule has 0 saturated heterocycles. The average Bonchev–Trinajstić information content (AvgIpc) is 3.15. The summed E-state index contributed by atoms with van der Waals surface area (Å²) in [7, 11) is 0. The van der Waals surface area contributed by atoms with E-state index in [1.807, 2.05) is 19.9 Å². The Bertz CT molecular complexity index is 1030. The summed E-state index contributed by atoms with van der Waals surface area (Å²) in [6.45, 7) is 5.31. The minimum absolute atomic E-state index is 0.119. The summed E-state index contributed by atoms with van der Waals surface area (Å²) in [6.07, 6.45) is 1.71. The summed E-state index contributed by atoms with van der Waals surface area (Å²) in [6, 6.07) is 7.04. The van der Waals surface area contributed by atoms with E-state index in [9.17, 15) is 9.59 Å². The highest BCUT2D eigenvalue weighted by molar-refractivity contribution is 8.01. The molecule has 2 heterocycles. The van der Waals surface area contributed by atoms with Gasteiger partial charge in [0.25, 0.3) is 11.5 Å². The highest BCUT2D eigenvalue weighted by Gasteiger charge is 2.11. The monoisotopic (exact) mass is 434 g/mol. The van der Waals surface area contributed by atoms with Crippen LogP contribution in [0.1, 0.15) is 13.8 Å². The number of fused-ring (bicyclic) bond motifs is 1. The first-order valence-electron chi connectivity index (χ1n) is 9.21. The van der Waals surface area contributed by atoms with Crippen molar-refractivity contribution in [1.82, 2.24) is 14.8 Å². The van der Waals surface area contributed by atoms with Crippen LogP contribution < -0.4 is 15.6 Å². The number of ether oxygens (including phenoxy) is 2. The van der Waals surface area contributed by atoms with Gasteiger partial charge in [-0.1, -0.05) is 36.1 Å². The van der Waals surface area contributed by atoms with Gasteiger partial charge in [-0.25, -0.2) is 0 Å². The fourth-order valence-electron chi connectivity index (χ4n) is 2.64. The minimum Gasteiger partial charge on any atom is -0.483 e. The number of nitrogens with one attached hydrogen (secondary N) is 1. The van der Waals surface area contributed by atoms with Crippen molar-refractivity contribution >= 4 is 44.9 Å². The topological polar surface area (TPSA) is 95.3 Å². The molecular formula is C19H22N4O4S2. The Morgan fingerprint density at radius 3 is 2.90 bits per heavy atom. The van der Waals surface area contributed by atoms with Gasteiger partial charge in [-0.3, -0.25) is 14.9 Å². The molecular weight excluding hydrogens is 412 g/mol. The molecule has 0 saturated carbocycles. The van der Waals surface area contributed by atoms with Gasteiger partial charge >= 0.3 is 0 Å². The maximum atomic E-state index is 12.7. The third-order valence-corrected chi connectivity index (χ3v) is 5.79. The second-order valence-corrected chi connectivity index (χ2v) is 8.36. The number of hydrogen-bond acceptors (Lipinski definition) is 8. The smallest absolute Gasteiger partial charge is 0.264 e. The second kappa shape index (κ2) is 10.4. The number of carbonyl (C=O) groups is 1.